The summed E-state index contributed by atoms with van der Waals surface area (Å²) < 4.78 is 0. The smallest absolute Gasteiger partial charge is 0.254 e. The molecular weight excluding hydrogens is 410 g/mol. The number of anilines is 1. The SMILES string of the molecule is CNc1nc(C2CCCN(C)C2)nc2c1CN(C(=O)c1ccccc1-c1ccccc1)CC2. The average Bonchev–Trinajstić information content (AvgIpc) is 2.87. The van der Waals surface area contributed by atoms with Crippen molar-refractivity contribution in [1.29, 1.82) is 0 Å². The van der Waals surface area contributed by atoms with E-state index < -0.39 is 0 Å². The van der Waals surface area contributed by atoms with E-state index in [4.69, 9.17) is 9.97 Å². The number of carbonyl (C=O) groups is 1. The molecule has 1 N–H and O–H groups in total. The number of rotatable bonds is 4. The monoisotopic (exact) mass is 441 g/mol. The van der Waals surface area contributed by atoms with Crippen LogP contribution in [0.25, 0.3) is 11.1 Å². The van der Waals surface area contributed by atoms with E-state index in [9.17, 15) is 4.79 Å². The van der Waals surface area contributed by atoms with Crippen molar-refractivity contribution in [2.75, 3.05) is 39.0 Å². The molecule has 170 valence electrons. The number of likely N-dealkylation sites (tertiary alicyclic amines) is 1. The number of hydrogen-bond donors (Lipinski definition) is 1. The maximum absolute atomic E-state index is 13.6. The number of nitrogens with one attached hydrogen (secondary N) is 1. The molecule has 6 nitrogen and oxygen atoms in total. The van der Waals surface area contributed by atoms with Crippen LogP contribution in [0.5, 0.6) is 0 Å². The predicted molar refractivity (Wildman–Crippen MR) is 131 cm³/mol. The largest absolute Gasteiger partial charge is 0.373 e. The van der Waals surface area contributed by atoms with E-state index in [2.05, 4.69) is 29.4 Å². The molecule has 2 aliphatic rings. The van der Waals surface area contributed by atoms with Crippen molar-refractivity contribution < 1.29 is 4.79 Å². The van der Waals surface area contributed by atoms with Gasteiger partial charge in [0.15, 0.2) is 0 Å². The first-order valence-corrected chi connectivity index (χ1v) is 11.8. The van der Waals surface area contributed by atoms with Gasteiger partial charge >= 0.3 is 0 Å². The highest BCUT2D eigenvalue weighted by atomic mass is 16.2. The number of benzene rings is 2. The van der Waals surface area contributed by atoms with Crippen LogP contribution in [0.4, 0.5) is 5.82 Å². The van der Waals surface area contributed by atoms with Gasteiger partial charge in [0.2, 0.25) is 0 Å². The molecule has 6 heteroatoms. The molecule has 0 saturated carbocycles. The lowest BCUT2D eigenvalue weighted by Gasteiger charge is -2.32. The van der Waals surface area contributed by atoms with Crippen LogP contribution >= 0.6 is 0 Å². The van der Waals surface area contributed by atoms with Crippen LogP contribution in [-0.4, -0.2) is 59.4 Å². The Morgan fingerprint density at radius 3 is 2.61 bits per heavy atom. The highest BCUT2D eigenvalue weighted by Gasteiger charge is 2.29. The molecule has 1 amide bonds. The summed E-state index contributed by atoms with van der Waals surface area (Å²) >= 11 is 0. The van der Waals surface area contributed by atoms with Crippen molar-refractivity contribution in [1.82, 2.24) is 19.8 Å². The van der Waals surface area contributed by atoms with Gasteiger partial charge in [0.1, 0.15) is 11.6 Å². The maximum atomic E-state index is 13.6. The number of likely N-dealkylation sites (N-methyl/N-ethyl adjacent to an activating group) is 1. The molecule has 1 saturated heterocycles. The van der Waals surface area contributed by atoms with Crippen LogP contribution in [0, 0.1) is 0 Å². The first kappa shape index (κ1) is 21.6. The fourth-order valence-corrected chi connectivity index (χ4v) is 5.08. The van der Waals surface area contributed by atoms with E-state index in [0.717, 1.165) is 65.5 Å². The maximum Gasteiger partial charge on any atom is 0.254 e. The molecule has 3 heterocycles. The van der Waals surface area contributed by atoms with Gasteiger partial charge in [0, 0.05) is 43.6 Å². The summed E-state index contributed by atoms with van der Waals surface area (Å²) in [5.74, 6) is 2.23. The van der Waals surface area contributed by atoms with Gasteiger partial charge in [-0.25, -0.2) is 9.97 Å². The van der Waals surface area contributed by atoms with E-state index in [1.807, 2.05) is 54.4 Å². The van der Waals surface area contributed by atoms with Gasteiger partial charge in [-0.15, -0.1) is 0 Å². The Morgan fingerprint density at radius 1 is 1.03 bits per heavy atom. The third-order valence-electron chi connectivity index (χ3n) is 6.83. The Morgan fingerprint density at radius 2 is 1.82 bits per heavy atom. The zero-order valence-electron chi connectivity index (χ0n) is 19.4. The number of aromatic nitrogens is 2. The van der Waals surface area contributed by atoms with Gasteiger partial charge in [0.25, 0.3) is 5.91 Å². The summed E-state index contributed by atoms with van der Waals surface area (Å²) in [5, 5.41) is 3.28. The van der Waals surface area contributed by atoms with Gasteiger partial charge in [-0.1, -0.05) is 48.5 Å². The number of nitrogens with zero attached hydrogens (tertiary/aromatic N) is 4. The quantitative estimate of drug-likeness (QED) is 0.658. The summed E-state index contributed by atoms with van der Waals surface area (Å²) in [7, 11) is 4.07. The van der Waals surface area contributed by atoms with Crippen LogP contribution in [0.1, 0.15) is 46.2 Å². The molecule has 3 aromatic rings. The van der Waals surface area contributed by atoms with Gasteiger partial charge in [-0.3, -0.25) is 4.79 Å². The first-order chi connectivity index (χ1) is 16.1. The van der Waals surface area contributed by atoms with Crippen molar-refractivity contribution in [2.24, 2.45) is 0 Å². The molecule has 2 aromatic carbocycles. The second-order valence-electron chi connectivity index (χ2n) is 9.10. The average molecular weight is 442 g/mol. The number of fused-ring (bicyclic) bond motifs is 1. The van der Waals surface area contributed by atoms with Crippen molar-refractivity contribution in [3.05, 3.63) is 77.2 Å². The summed E-state index contributed by atoms with van der Waals surface area (Å²) in [5.41, 5.74) is 4.89. The van der Waals surface area contributed by atoms with Crippen molar-refractivity contribution in [2.45, 2.75) is 31.7 Å². The second-order valence-corrected chi connectivity index (χ2v) is 9.10. The fraction of sp³-hybridized carbons (Fsp3) is 0.370. The molecule has 1 fully saturated rings. The van der Waals surface area contributed by atoms with Gasteiger partial charge in [-0.05, 0) is 43.6 Å². The summed E-state index contributed by atoms with van der Waals surface area (Å²) in [4.78, 5) is 27.8. The molecular formula is C27H31N5O. The van der Waals surface area contributed by atoms with Crippen LogP contribution in [-0.2, 0) is 13.0 Å². The van der Waals surface area contributed by atoms with Crippen LogP contribution < -0.4 is 5.32 Å². The zero-order chi connectivity index (χ0) is 22.8. The Labute approximate surface area is 195 Å². The molecule has 0 bridgehead atoms. The molecule has 0 aliphatic carbocycles. The van der Waals surface area contributed by atoms with Crippen molar-refractivity contribution in [3.63, 3.8) is 0 Å². The molecule has 0 spiro atoms. The predicted octanol–water partition coefficient (Wildman–Crippen LogP) is 4.19. The molecule has 33 heavy (non-hydrogen) atoms. The van der Waals surface area contributed by atoms with E-state index in [1.165, 1.54) is 6.42 Å². The lowest BCUT2D eigenvalue weighted by atomic mass is 9.96. The second kappa shape index (κ2) is 9.32. The number of amides is 1. The fourth-order valence-electron chi connectivity index (χ4n) is 5.08. The highest BCUT2D eigenvalue weighted by Crippen LogP contribution is 2.31. The van der Waals surface area contributed by atoms with E-state index >= 15 is 0 Å². The van der Waals surface area contributed by atoms with Crippen LogP contribution in [0.15, 0.2) is 54.6 Å². The third kappa shape index (κ3) is 4.35. The summed E-state index contributed by atoms with van der Waals surface area (Å²) in [6, 6.07) is 18.0. The molecule has 0 radical (unpaired) electrons. The van der Waals surface area contributed by atoms with Crippen molar-refractivity contribution >= 4 is 11.7 Å². The lowest BCUT2D eigenvalue weighted by Crippen LogP contribution is -2.38. The van der Waals surface area contributed by atoms with Crippen molar-refractivity contribution in [3.8, 4) is 11.1 Å². The topological polar surface area (TPSA) is 61.4 Å². The standard InChI is InChI=1S/C27H31N5O/c1-28-26-23-18-32(16-14-24(23)29-25(30-26)20-11-8-15-31(2)17-20)27(33)22-13-7-6-12-21(22)19-9-4-3-5-10-19/h3-7,9-10,12-13,20H,8,11,14-18H2,1-2H3,(H,28,29,30). The molecule has 1 unspecified atom stereocenters. The lowest BCUT2D eigenvalue weighted by molar-refractivity contribution is 0.0734. The third-order valence-corrected chi connectivity index (χ3v) is 6.83. The Bertz CT molecular complexity index is 1130. The normalized spacial score (nSPS) is 18.6. The summed E-state index contributed by atoms with van der Waals surface area (Å²) in [6.45, 7) is 3.34. The first-order valence-electron chi connectivity index (χ1n) is 11.8. The van der Waals surface area contributed by atoms with E-state index in [1.54, 1.807) is 0 Å². The number of carbonyl (C=O) groups excluding carboxylic acids is 1. The van der Waals surface area contributed by atoms with E-state index in [0.29, 0.717) is 19.0 Å². The van der Waals surface area contributed by atoms with Crippen LogP contribution in [0.2, 0.25) is 0 Å². The Kier molecular flexibility index (Phi) is 6.09. The Balaban J connectivity index is 1.42. The highest BCUT2D eigenvalue weighted by molar-refractivity contribution is 6.01. The minimum absolute atomic E-state index is 0.0557. The molecule has 1 atom stereocenters. The molecule has 2 aliphatic heterocycles. The summed E-state index contributed by atoms with van der Waals surface area (Å²) in [6.07, 6.45) is 3.06. The van der Waals surface area contributed by atoms with Gasteiger partial charge in [0.05, 0.1) is 12.2 Å². The van der Waals surface area contributed by atoms with Gasteiger partial charge in [-0.2, -0.15) is 0 Å². The molecule has 1 aromatic heterocycles. The minimum atomic E-state index is 0.0557. The minimum Gasteiger partial charge on any atom is -0.373 e. The number of piperidine rings is 1. The Hall–Kier alpha value is -3.25. The molecule has 5 rings (SSSR count). The number of hydrogen-bond acceptors (Lipinski definition) is 5. The van der Waals surface area contributed by atoms with Crippen LogP contribution in [0.3, 0.4) is 0 Å². The van der Waals surface area contributed by atoms with Gasteiger partial charge < -0.3 is 15.1 Å². The van der Waals surface area contributed by atoms with E-state index in [-0.39, 0.29) is 5.91 Å². The zero-order valence-corrected chi connectivity index (χ0v) is 19.4.